The minimum atomic E-state index is -1.29. The second-order valence-electron chi connectivity index (χ2n) is 6.17. The van der Waals surface area contributed by atoms with Crippen LogP contribution in [0.5, 0.6) is 0 Å². The fraction of sp³-hybridized carbons (Fsp3) is 0.211. The van der Waals surface area contributed by atoms with Crippen LogP contribution in [0.3, 0.4) is 0 Å². The molecule has 0 fully saturated rings. The van der Waals surface area contributed by atoms with E-state index in [-0.39, 0.29) is 5.78 Å². The van der Waals surface area contributed by atoms with E-state index in [1.807, 2.05) is 0 Å². The first-order valence-electron chi connectivity index (χ1n) is 7.69. The van der Waals surface area contributed by atoms with Crippen LogP contribution in [0.25, 0.3) is 0 Å². The highest BCUT2D eigenvalue weighted by molar-refractivity contribution is 6.30. The first-order valence-corrected chi connectivity index (χ1v) is 8.07. The van der Waals surface area contributed by atoms with Gasteiger partial charge in [0.2, 0.25) is 11.8 Å². The Morgan fingerprint density at radius 2 is 1.20 bits per heavy atom. The molecule has 130 valence electrons. The van der Waals surface area contributed by atoms with Crippen molar-refractivity contribution in [2.75, 3.05) is 10.6 Å². The minimum Gasteiger partial charge on any atom is -0.325 e. The van der Waals surface area contributed by atoms with Crippen LogP contribution >= 0.6 is 11.6 Å². The summed E-state index contributed by atoms with van der Waals surface area (Å²) in [5, 5.41) is 5.95. The predicted molar refractivity (Wildman–Crippen MR) is 98.9 cm³/mol. The molecule has 0 aliphatic heterocycles. The van der Waals surface area contributed by atoms with E-state index in [1.54, 1.807) is 48.5 Å². The standard InChI is InChI=1S/C19H19ClN2O3/c1-12(23)13-4-8-15(9-5-13)21-17(24)19(2,3)18(25)22-16-10-6-14(20)7-11-16/h4-11H,1-3H3,(H,21,24)(H,22,25). The highest BCUT2D eigenvalue weighted by atomic mass is 35.5. The van der Waals surface area contributed by atoms with E-state index < -0.39 is 17.2 Å². The first kappa shape index (κ1) is 18.7. The Bertz CT molecular complexity index is 796. The zero-order chi connectivity index (χ0) is 18.6. The van der Waals surface area contributed by atoms with E-state index in [9.17, 15) is 14.4 Å². The van der Waals surface area contributed by atoms with Gasteiger partial charge in [-0.1, -0.05) is 11.6 Å². The number of hydrogen-bond donors (Lipinski definition) is 2. The van der Waals surface area contributed by atoms with E-state index in [0.717, 1.165) is 0 Å². The summed E-state index contributed by atoms with van der Waals surface area (Å²) in [7, 11) is 0. The maximum atomic E-state index is 12.5. The van der Waals surface area contributed by atoms with Crippen molar-refractivity contribution in [3.8, 4) is 0 Å². The lowest BCUT2D eigenvalue weighted by Crippen LogP contribution is -2.41. The lowest BCUT2D eigenvalue weighted by molar-refractivity contribution is -0.135. The third-order valence-corrected chi connectivity index (χ3v) is 4.04. The minimum absolute atomic E-state index is 0.0550. The van der Waals surface area contributed by atoms with Gasteiger partial charge in [0, 0.05) is 22.0 Å². The summed E-state index contributed by atoms with van der Waals surface area (Å²) in [5.74, 6) is -0.942. The number of benzene rings is 2. The van der Waals surface area contributed by atoms with Crippen molar-refractivity contribution in [1.29, 1.82) is 0 Å². The predicted octanol–water partition coefficient (Wildman–Crippen LogP) is 4.15. The number of rotatable bonds is 5. The van der Waals surface area contributed by atoms with Gasteiger partial charge in [0.1, 0.15) is 5.41 Å². The van der Waals surface area contributed by atoms with Crippen molar-refractivity contribution >= 4 is 40.6 Å². The third kappa shape index (κ3) is 4.67. The number of amides is 2. The molecule has 0 heterocycles. The van der Waals surface area contributed by atoms with Gasteiger partial charge in [-0.3, -0.25) is 14.4 Å². The SMILES string of the molecule is CC(=O)c1ccc(NC(=O)C(C)(C)C(=O)Nc2ccc(Cl)cc2)cc1. The topological polar surface area (TPSA) is 75.3 Å². The molecule has 0 aliphatic carbocycles. The van der Waals surface area contributed by atoms with Crippen molar-refractivity contribution < 1.29 is 14.4 Å². The van der Waals surface area contributed by atoms with Crippen LogP contribution in [0.4, 0.5) is 11.4 Å². The Labute approximate surface area is 151 Å². The Morgan fingerprint density at radius 3 is 1.60 bits per heavy atom. The Hall–Kier alpha value is -2.66. The van der Waals surface area contributed by atoms with Crippen LogP contribution in [-0.2, 0) is 9.59 Å². The average Bonchev–Trinajstić information content (AvgIpc) is 2.57. The molecule has 0 aromatic heterocycles. The molecule has 0 saturated carbocycles. The van der Waals surface area contributed by atoms with Gasteiger partial charge in [-0.25, -0.2) is 0 Å². The number of hydrogen-bond acceptors (Lipinski definition) is 3. The van der Waals surface area contributed by atoms with Crippen LogP contribution in [0.15, 0.2) is 48.5 Å². The van der Waals surface area contributed by atoms with Crippen LogP contribution in [0, 0.1) is 5.41 Å². The number of carbonyl (C=O) groups is 3. The van der Waals surface area contributed by atoms with Gasteiger partial charge in [-0.15, -0.1) is 0 Å². The van der Waals surface area contributed by atoms with Gasteiger partial charge >= 0.3 is 0 Å². The lowest BCUT2D eigenvalue weighted by atomic mass is 9.90. The summed E-state index contributed by atoms with van der Waals surface area (Å²) in [6.45, 7) is 4.55. The summed E-state index contributed by atoms with van der Waals surface area (Å²) >= 11 is 5.81. The number of ketones is 1. The molecule has 0 radical (unpaired) electrons. The molecule has 6 heteroatoms. The third-order valence-electron chi connectivity index (χ3n) is 3.79. The summed E-state index contributed by atoms with van der Waals surface area (Å²) in [6, 6.07) is 13.1. The van der Waals surface area contributed by atoms with Crippen LogP contribution in [-0.4, -0.2) is 17.6 Å². The molecule has 0 saturated heterocycles. The molecular formula is C19H19ClN2O3. The van der Waals surface area contributed by atoms with Crippen molar-refractivity contribution in [2.24, 2.45) is 5.41 Å². The smallest absolute Gasteiger partial charge is 0.239 e. The van der Waals surface area contributed by atoms with E-state index in [1.165, 1.54) is 20.8 Å². The molecule has 25 heavy (non-hydrogen) atoms. The van der Waals surface area contributed by atoms with Crippen molar-refractivity contribution in [3.05, 3.63) is 59.1 Å². The van der Waals surface area contributed by atoms with E-state index >= 15 is 0 Å². The van der Waals surface area contributed by atoms with Gasteiger partial charge in [0.15, 0.2) is 5.78 Å². The maximum absolute atomic E-state index is 12.5. The fourth-order valence-electron chi connectivity index (χ4n) is 2.00. The average molecular weight is 359 g/mol. The van der Waals surface area contributed by atoms with Crippen LogP contribution in [0.2, 0.25) is 5.02 Å². The fourth-order valence-corrected chi connectivity index (χ4v) is 2.13. The zero-order valence-electron chi connectivity index (χ0n) is 14.2. The second-order valence-corrected chi connectivity index (χ2v) is 6.61. The molecule has 0 aliphatic rings. The molecular weight excluding hydrogens is 340 g/mol. The molecule has 0 spiro atoms. The number of Topliss-reactive ketones (excluding diaryl/α,β-unsaturated/α-hetero) is 1. The summed E-state index contributed by atoms with van der Waals surface area (Å²) in [4.78, 5) is 36.2. The largest absolute Gasteiger partial charge is 0.325 e. The van der Waals surface area contributed by atoms with E-state index in [0.29, 0.717) is 22.0 Å². The monoisotopic (exact) mass is 358 g/mol. The van der Waals surface area contributed by atoms with Gasteiger partial charge in [0.05, 0.1) is 0 Å². The molecule has 2 N–H and O–H groups in total. The Morgan fingerprint density at radius 1 is 0.800 bits per heavy atom. The number of carbonyl (C=O) groups excluding carboxylic acids is 3. The number of anilines is 2. The summed E-state index contributed by atoms with van der Waals surface area (Å²) < 4.78 is 0. The molecule has 5 nitrogen and oxygen atoms in total. The molecule has 0 atom stereocenters. The maximum Gasteiger partial charge on any atom is 0.239 e. The first-order chi connectivity index (χ1) is 11.7. The zero-order valence-corrected chi connectivity index (χ0v) is 15.0. The number of halogens is 1. The highest BCUT2D eigenvalue weighted by Crippen LogP contribution is 2.22. The van der Waals surface area contributed by atoms with Crippen molar-refractivity contribution in [3.63, 3.8) is 0 Å². The van der Waals surface area contributed by atoms with Gasteiger partial charge in [-0.2, -0.15) is 0 Å². The van der Waals surface area contributed by atoms with Crippen LogP contribution in [0.1, 0.15) is 31.1 Å². The van der Waals surface area contributed by atoms with E-state index in [2.05, 4.69) is 10.6 Å². The quantitative estimate of drug-likeness (QED) is 0.622. The summed E-state index contributed by atoms with van der Waals surface area (Å²) in [6.07, 6.45) is 0. The number of nitrogens with one attached hydrogen (secondary N) is 2. The normalized spacial score (nSPS) is 10.9. The van der Waals surface area contributed by atoms with Crippen molar-refractivity contribution in [2.45, 2.75) is 20.8 Å². The highest BCUT2D eigenvalue weighted by Gasteiger charge is 2.36. The Kier molecular flexibility index (Phi) is 5.59. The molecule has 0 unspecified atom stereocenters. The van der Waals surface area contributed by atoms with Gasteiger partial charge in [0.25, 0.3) is 0 Å². The van der Waals surface area contributed by atoms with Gasteiger partial charge in [-0.05, 0) is 69.3 Å². The summed E-state index contributed by atoms with van der Waals surface area (Å²) in [5.41, 5.74) is 0.333. The molecule has 2 aromatic carbocycles. The molecule has 2 rings (SSSR count). The van der Waals surface area contributed by atoms with E-state index in [4.69, 9.17) is 11.6 Å². The molecule has 2 aromatic rings. The molecule has 0 bridgehead atoms. The van der Waals surface area contributed by atoms with Crippen LogP contribution < -0.4 is 10.6 Å². The molecule has 2 amide bonds. The Balaban J connectivity index is 2.06. The second kappa shape index (κ2) is 7.49. The van der Waals surface area contributed by atoms with Gasteiger partial charge < -0.3 is 10.6 Å². The van der Waals surface area contributed by atoms with Crippen molar-refractivity contribution in [1.82, 2.24) is 0 Å². The lowest BCUT2D eigenvalue weighted by Gasteiger charge is -2.22.